The first-order valence-electron chi connectivity index (χ1n) is 10.7. The minimum absolute atomic E-state index is 0.254. The molecule has 3 fully saturated rings. The molecule has 172 valence electrons. The van der Waals surface area contributed by atoms with E-state index in [1.165, 1.54) is 4.90 Å². The lowest BCUT2D eigenvalue weighted by atomic mass is 9.70. The molecule has 1 aromatic rings. The predicted octanol–water partition coefficient (Wildman–Crippen LogP) is 1.41. The van der Waals surface area contributed by atoms with E-state index in [2.05, 4.69) is 22.5 Å². The number of carbonyl (C=O) groups excluding carboxylic acids is 2. The summed E-state index contributed by atoms with van der Waals surface area (Å²) in [6.07, 6.45) is 1.27. The maximum absolute atomic E-state index is 14.0. The molecule has 4 rings (SSSR count). The number of hydrogen-bond acceptors (Lipinski definition) is 5. The topological polar surface area (TPSA) is 107 Å². The van der Waals surface area contributed by atoms with E-state index in [1.807, 2.05) is 30.3 Å². The molecule has 0 aliphatic carbocycles. The minimum atomic E-state index is -1.25. The van der Waals surface area contributed by atoms with Crippen molar-refractivity contribution in [2.24, 2.45) is 11.8 Å². The molecule has 3 aliphatic heterocycles. The Balaban J connectivity index is 1.76. The lowest BCUT2D eigenvalue weighted by molar-refractivity contribution is -0.153. The molecule has 3 saturated heterocycles. The molecule has 1 spiro atoms. The molecule has 0 radical (unpaired) electrons. The van der Waals surface area contributed by atoms with E-state index in [9.17, 15) is 24.6 Å². The van der Waals surface area contributed by atoms with Gasteiger partial charge in [-0.25, -0.2) is 0 Å². The Bertz CT molecular complexity index is 926. The van der Waals surface area contributed by atoms with Crippen LogP contribution >= 0.6 is 15.9 Å². The van der Waals surface area contributed by atoms with Gasteiger partial charge in [0, 0.05) is 17.9 Å². The first kappa shape index (κ1) is 22.9. The van der Waals surface area contributed by atoms with Crippen molar-refractivity contribution in [2.45, 2.75) is 48.5 Å². The lowest BCUT2D eigenvalue weighted by Gasteiger charge is -2.38. The third-order valence-electron chi connectivity index (χ3n) is 6.86. The third kappa shape index (κ3) is 3.38. The standard InChI is InChI=1S/C23H27BrN2O6/c1-3-9-25(11-14-7-5-4-6-8-14)21(29)19-23-10-15(24)18(32-23)16(22(30)31)17(23)20(28)26(19)13(2)12-27/h3-8,13,15-19,27H,1,9-12H2,2H3,(H,30,31)/t13-,15?,16-,17+,18-,19?,23?/m1/s1. The highest BCUT2D eigenvalue weighted by Crippen LogP contribution is 2.60. The molecular formula is C23H27BrN2O6. The van der Waals surface area contributed by atoms with Gasteiger partial charge in [-0.2, -0.15) is 0 Å². The number of aliphatic carboxylic acids is 1. The Morgan fingerprint density at radius 2 is 2.09 bits per heavy atom. The number of halogens is 1. The molecule has 2 bridgehead atoms. The van der Waals surface area contributed by atoms with Crippen molar-refractivity contribution in [3.63, 3.8) is 0 Å². The van der Waals surface area contributed by atoms with Gasteiger partial charge in [0.2, 0.25) is 11.8 Å². The Kier molecular flexibility index (Phi) is 6.17. The molecular weight excluding hydrogens is 480 g/mol. The average molecular weight is 507 g/mol. The number of hydrogen-bond donors (Lipinski definition) is 2. The van der Waals surface area contributed by atoms with Gasteiger partial charge in [-0.15, -0.1) is 6.58 Å². The van der Waals surface area contributed by atoms with Gasteiger partial charge in [0.05, 0.1) is 30.6 Å². The number of ether oxygens (including phenoxy) is 1. The largest absolute Gasteiger partial charge is 0.481 e. The van der Waals surface area contributed by atoms with Crippen molar-refractivity contribution in [3.05, 3.63) is 48.6 Å². The van der Waals surface area contributed by atoms with Crippen molar-refractivity contribution in [3.8, 4) is 0 Å². The molecule has 3 aliphatic rings. The number of benzene rings is 1. The van der Waals surface area contributed by atoms with E-state index < -0.39 is 47.5 Å². The Labute approximate surface area is 195 Å². The first-order chi connectivity index (χ1) is 15.3. The van der Waals surface area contributed by atoms with Gasteiger partial charge < -0.3 is 24.7 Å². The highest BCUT2D eigenvalue weighted by molar-refractivity contribution is 9.09. The number of carboxylic acid groups (broad SMARTS) is 1. The number of nitrogens with zero attached hydrogens (tertiary/aromatic N) is 2. The number of amides is 2. The highest BCUT2D eigenvalue weighted by Gasteiger charge is 2.77. The Morgan fingerprint density at radius 1 is 1.41 bits per heavy atom. The SMILES string of the molecule is C=CCN(Cc1ccccc1)C(=O)C1N([C@H](C)CO)C(=O)[C@@H]2[C@@H](C(=O)O)[C@@H]3OC12CC3Br. The fourth-order valence-electron chi connectivity index (χ4n) is 5.56. The van der Waals surface area contributed by atoms with Gasteiger partial charge in [0.15, 0.2) is 0 Å². The lowest BCUT2D eigenvalue weighted by Crippen LogP contribution is -2.58. The number of fused-ring (bicyclic) bond motifs is 1. The molecule has 0 saturated carbocycles. The average Bonchev–Trinajstić information content (AvgIpc) is 3.36. The molecule has 3 unspecified atom stereocenters. The van der Waals surface area contributed by atoms with Gasteiger partial charge in [-0.3, -0.25) is 14.4 Å². The molecule has 3 heterocycles. The summed E-state index contributed by atoms with van der Waals surface area (Å²) in [5.41, 5.74) is -0.337. The normalized spacial score (nSPS) is 33.8. The second kappa shape index (κ2) is 8.61. The summed E-state index contributed by atoms with van der Waals surface area (Å²) in [6, 6.07) is 7.78. The quantitative estimate of drug-likeness (QED) is 0.407. The van der Waals surface area contributed by atoms with Crippen molar-refractivity contribution in [1.82, 2.24) is 9.80 Å². The van der Waals surface area contributed by atoms with E-state index >= 15 is 0 Å². The fourth-order valence-corrected chi connectivity index (χ4v) is 6.50. The maximum atomic E-state index is 14.0. The van der Waals surface area contributed by atoms with Crippen molar-refractivity contribution >= 4 is 33.7 Å². The van der Waals surface area contributed by atoms with Crippen LogP contribution in [0.15, 0.2) is 43.0 Å². The van der Waals surface area contributed by atoms with Crippen LogP contribution in [0.3, 0.4) is 0 Å². The summed E-state index contributed by atoms with van der Waals surface area (Å²) in [5.74, 6) is -3.91. The van der Waals surface area contributed by atoms with E-state index in [4.69, 9.17) is 4.74 Å². The van der Waals surface area contributed by atoms with Crippen LogP contribution in [-0.2, 0) is 25.7 Å². The molecule has 8 nitrogen and oxygen atoms in total. The zero-order valence-electron chi connectivity index (χ0n) is 17.8. The molecule has 2 N–H and O–H groups in total. The van der Waals surface area contributed by atoms with E-state index in [-0.39, 0.29) is 23.9 Å². The zero-order valence-corrected chi connectivity index (χ0v) is 19.3. The molecule has 0 aromatic heterocycles. The minimum Gasteiger partial charge on any atom is -0.481 e. The van der Waals surface area contributed by atoms with Gasteiger partial charge >= 0.3 is 5.97 Å². The molecule has 2 amide bonds. The Hall–Kier alpha value is -2.23. The second-order valence-electron chi connectivity index (χ2n) is 8.77. The summed E-state index contributed by atoms with van der Waals surface area (Å²) >= 11 is 3.52. The summed E-state index contributed by atoms with van der Waals surface area (Å²) in [4.78, 5) is 42.3. The van der Waals surface area contributed by atoms with Crippen molar-refractivity contribution < 1.29 is 29.3 Å². The monoisotopic (exact) mass is 506 g/mol. The number of alkyl halides is 1. The molecule has 7 atom stereocenters. The number of rotatable bonds is 8. The summed E-state index contributed by atoms with van der Waals surface area (Å²) in [6.45, 7) is 5.63. The van der Waals surface area contributed by atoms with Crippen LogP contribution in [-0.4, -0.2) is 79.6 Å². The fraction of sp³-hybridized carbons (Fsp3) is 0.522. The summed E-state index contributed by atoms with van der Waals surface area (Å²) < 4.78 is 6.23. The zero-order chi connectivity index (χ0) is 23.2. The third-order valence-corrected chi connectivity index (χ3v) is 7.71. The van der Waals surface area contributed by atoms with E-state index in [1.54, 1.807) is 17.9 Å². The highest BCUT2D eigenvalue weighted by atomic mass is 79.9. The van der Waals surface area contributed by atoms with Crippen LogP contribution in [0.25, 0.3) is 0 Å². The van der Waals surface area contributed by atoms with Crippen LogP contribution in [0.4, 0.5) is 0 Å². The van der Waals surface area contributed by atoms with E-state index in [0.29, 0.717) is 13.0 Å². The number of likely N-dealkylation sites (tertiary alicyclic amines) is 1. The summed E-state index contributed by atoms with van der Waals surface area (Å²) in [5, 5.41) is 19.7. The maximum Gasteiger partial charge on any atom is 0.310 e. The number of aliphatic hydroxyl groups excluding tert-OH is 1. The second-order valence-corrected chi connectivity index (χ2v) is 9.95. The number of carboxylic acids is 1. The van der Waals surface area contributed by atoms with Gasteiger partial charge in [0.25, 0.3) is 0 Å². The van der Waals surface area contributed by atoms with Crippen LogP contribution in [0, 0.1) is 11.8 Å². The van der Waals surface area contributed by atoms with Crippen molar-refractivity contribution in [2.75, 3.05) is 13.2 Å². The van der Waals surface area contributed by atoms with Gasteiger partial charge in [-0.1, -0.05) is 52.3 Å². The van der Waals surface area contributed by atoms with Gasteiger partial charge in [0.1, 0.15) is 11.6 Å². The smallest absolute Gasteiger partial charge is 0.310 e. The van der Waals surface area contributed by atoms with E-state index in [0.717, 1.165) is 5.56 Å². The van der Waals surface area contributed by atoms with Crippen LogP contribution in [0.2, 0.25) is 0 Å². The predicted molar refractivity (Wildman–Crippen MR) is 119 cm³/mol. The molecule has 32 heavy (non-hydrogen) atoms. The summed E-state index contributed by atoms with van der Waals surface area (Å²) in [7, 11) is 0. The molecule has 1 aromatic carbocycles. The van der Waals surface area contributed by atoms with Gasteiger partial charge in [-0.05, 0) is 18.9 Å². The first-order valence-corrected chi connectivity index (χ1v) is 11.6. The van der Waals surface area contributed by atoms with Crippen LogP contribution < -0.4 is 0 Å². The van der Waals surface area contributed by atoms with Crippen molar-refractivity contribution in [1.29, 1.82) is 0 Å². The molecule has 9 heteroatoms. The van der Waals surface area contributed by atoms with Crippen LogP contribution in [0.5, 0.6) is 0 Å². The number of aliphatic hydroxyl groups is 1. The van der Waals surface area contributed by atoms with Crippen LogP contribution in [0.1, 0.15) is 18.9 Å². The number of carbonyl (C=O) groups is 3. The Morgan fingerprint density at radius 3 is 2.69 bits per heavy atom.